The molecule has 1 aromatic carbocycles. The second-order valence-electron chi connectivity index (χ2n) is 5.72. The summed E-state index contributed by atoms with van der Waals surface area (Å²) in [5.74, 6) is -0.450. The average Bonchev–Trinajstić information content (AvgIpc) is 2.85. The van der Waals surface area contributed by atoms with Gasteiger partial charge in [0, 0.05) is 11.4 Å². The lowest BCUT2D eigenvalue weighted by Gasteiger charge is -2.15. The van der Waals surface area contributed by atoms with Crippen LogP contribution in [0.1, 0.15) is 40.1 Å². The van der Waals surface area contributed by atoms with Gasteiger partial charge in [0.1, 0.15) is 5.56 Å². The second kappa shape index (κ2) is 5.72. The molecule has 2 heterocycles. The molecule has 23 heavy (non-hydrogen) atoms. The number of nitrogens with one attached hydrogen (secondary N) is 3. The highest BCUT2D eigenvalue weighted by Crippen LogP contribution is 2.26. The standard InChI is InChI=1S/C17H17N3O3/c1-9-3-5-13(16(22)18-9)17(23)19-10(2)11-4-6-14-12(7-11)8-15(21)20-14/h3-7,10H,8H2,1-2H3,(H,18,22)(H,19,23)(H,20,21)/t10-/m0/s1. The lowest BCUT2D eigenvalue weighted by Crippen LogP contribution is -2.31. The van der Waals surface area contributed by atoms with Crippen LogP contribution in [0, 0.1) is 6.92 Å². The van der Waals surface area contributed by atoms with Gasteiger partial charge in [-0.3, -0.25) is 14.4 Å². The summed E-state index contributed by atoms with van der Waals surface area (Å²) >= 11 is 0. The van der Waals surface area contributed by atoms with Crippen molar-refractivity contribution in [1.29, 1.82) is 0 Å². The lowest BCUT2D eigenvalue weighted by atomic mass is 10.0. The number of aromatic nitrogens is 1. The molecule has 1 atom stereocenters. The van der Waals surface area contributed by atoms with Crippen molar-refractivity contribution in [3.63, 3.8) is 0 Å². The molecule has 0 saturated heterocycles. The third kappa shape index (κ3) is 3.01. The molecule has 0 bridgehead atoms. The first-order valence-electron chi connectivity index (χ1n) is 7.37. The summed E-state index contributed by atoms with van der Waals surface area (Å²) < 4.78 is 0. The van der Waals surface area contributed by atoms with Gasteiger partial charge in [0.2, 0.25) is 5.91 Å². The highest BCUT2D eigenvalue weighted by Gasteiger charge is 2.20. The van der Waals surface area contributed by atoms with E-state index in [-0.39, 0.29) is 17.5 Å². The van der Waals surface area contributed by atoms with Gasteiger partial charge in [-0.05, 0) is 43.2 Å². The Balaban J connectivity index is 1.78. The number of aryl methyl sites for hydroxylation is 1. The Morgan fingerprint density at radius 1 is 1.22 bits per heavy atom. The van der Waals surface area contributed by atoms with Gasteiger partial charge in [0.15, 0.2) is 0 Å². The molecule has 118 valence electrons. The highest BCUT2D eigenvalue weighted by molar-refractivity contribution is 5.99. The molecule has 1 aromatic heterocycles. The van der Waals surface area contributed by atoms with Crippen LogP contribution < -0.4 is 16.2 Å². The summed E-state index contributed by atoms with van der Waals surface area (Å²) in [5, 5.41) is 5.58. The van der Waals surface area contributed by atoms with Gasteiger partial charge in [-0.15, -0.1) is 0 Å². The molecule has 3 N–H and O–H groups in total. The number of amides is 2. The van der Waals surface area contributed by atoms with Crippen LogP contribution in [0.5, 0.6) is 0 Å². The monoisotopic (exact) mass is 311 g/mol. The van der Waals surface area contributed by atoms with Gasteiger partial charge in [0.25, 0.3) is 11.5 Å². The zero-order valence-electron chi connectivity index (χ0n) is 12.9. The number of carbonyl (C=O) groups excluding carboxylic acids is 2. The molecule has 0 fully saturated rings. The van der Waals surface area contributed by atoms with Crippen LogP contribution in [-0.2, 0) is 11.2 Å². The average molecular weight is 311 g/mol. The number of H-pyrrole nitrogens is 1. The number of anilines is 1. The largest absolute Gasteiger partial charge is 0.345 e. The van der Waals surface area contributed by atoms with Crippen molar-refractivity contribution in [2.75, 3.05) is 5.32 Å². The fourth-order valence-corrected chi connectivity index (χ4v) is 2.63. The molecule has 1 aliphatic rings. The zero-order valence-corrected chi connectivity index (χ0v) is 12.9. The molecule has 6 nitrogen and oxygen atoms in total. The predicted octanol–water partition coefficient (Wildman–Crippen LogP) is 1.67. The number of hydrogen-bond donors (Lipinski definition) is 3. The second-order valence-corrected chi connectivity index (χ2v) is 5.72. The number of pyridine rings is 1. The quantitative estimate of drug-likeness (QED) is 0.805. The van der Waals surface area contributed by atoms with E-state index >= 15 is 0 Å². The van der Waals surface area contributed by atoms with Crippen LogP contribution in [-0.4, -0.2) is 16.8 Å². The third-order valence-electron chi connectivity index (χ3n) is 3.90. The molecule has 0 spiro atoms. The van der Waals surface area contributed by atoms with Crippen molar-refractivity contribution in [2.24, 2.45) is 0 Å². The van der Waals surface area contributed by atoms with E-state index in [1.165, 1.54) is 6.07 Å². The number of aromatic amines is 1. The van der Waals surface area contributed by atoms with Gasteiger partial charge in [-0.2, -0.15) is 0 Å². The summed E-state index contributed by atoms with van der Waals surface area (Å²) in [5.41, 5.74) is 3.00. The van der Waals surface area contributed by atoms with Crippen molar-refractivity contribution in [3.05, 3.63) is 63.1 Å². The molecule has 3 rings (SSSR count). The zero-order chi connectivity index (χ0) is 16.6. The van der Waals surface area contributed by atoms with Crippen molar-refractivity contribution in [2.45, 2.75) is 26.3 Å². The number of carbonyl (C=O) groups is 2. The first-order valence-corrected chi connectivity index (χ1v) is 7.37. The molecular formula is C17H17N3O3. The van der Waals surface area contributed by atoms with Gasteiger partial charge < -0.3 is 15.6 Å². The van der Waals surface area contributed by atoms with Gasteiger partial charge in [-0.1, -0.05) is 12.1 Å². The Bertz CT molecular complexity index is 854. The maximum absolute atomic E-state index is 12.2. The van der Waals surface area contributed by atoms with E-state index in [1.54, 1.807) is 13.0 Å². The molecule has 0 unspecified atom stereocenters. The lowest BCUT2D eigenvalue weighted by molar-refractivity contribution is -0.115. The summed E-state index contributed by atoms with van der Waals surface area (Å²) in [6.45, 7) is 3.60. The van der Waals surface area contributed by atoms with Crippen molar-refractivity contribution in [1.82, 2.24) is 10.3 Å². The van der Waals surface area contributed by atoms with Crippen LogP contribution in [0.15, 0.2) is 35.1 Å². The minimum Gasteiger partial charge on any atom is -0.345 e. The van der Waals surface area contributed by atoms with Gasteiger partial charge in [-0.25, -0.2) is 0 Å². The first-order chi connectivity index (χ1) is 10.9. The van der Waals surface area contributed by atoms with E-state index in [2.05, 4.69) is 15.6 Å². The van der Waals surface area contributed by atoms with Crippen molar-refractivity contribution < 1.29 is 9.59 Å². The van der Waals surface area contributed by atoms with Gasteiger partial charge >= 0.3 is 0 Å². The van der Waals surface area contributed by atoms with E-state index < -0.39 is 11.5 Å². The number of hydrogen-bond acceptors (Lipinski definition) is 3. The molecule has 1 aliphatic heterocycles. The van der Waals surface area contributed by atoms with Crippen LogP contribution in [0.4, 0.5) is 5.69 Å². The maximum atomic E-state index is 12.2. The molecule has 0 aliphatic carbocycles. The summed E-state index contributed by atoms with van der Waals surface area (Å²) in [7, 11) is 0. The Kier molecular flexibility index (Phi) is 3.73. The summed E-state index contributed by atoms with van der Waals surface area (Å²) in [6, 6.07) is 8.52. The van der Waals surface area contributed by atoms with E-state index in [9.17, 15) is 14.4 Å². The normalized spacial score (nSPS) is 14.1. The van der Waals surface area contributed by atoms with E-state index in [4.69, 9.17) is 0 Å². The fourth-order valence-electron chi connectivity index (χ4n) is 2.63. The Morgan fingerprint density at radius 2 is 2.00 bits per heavy atom. The van der Waals surface area contributed by atoms with Gasteiger partial charge in [0.05, 0.1) is 12.5 Å². The molecule has 6 heteroatoms. The minimum absolute atomic E-state index is 0.0278. The molecule has 2 aromatic rings. The van der Waals surface area contributed by atoms with E-state index in [0.29, 0.717) is 12.1 Å². The van der Waals surface area contributed by atoms with Crippen LogP contribution in [0.3, 0.4) is 0 Å². The number of rotatable bonds is 3. The van der Waals surface area contributed by atoms with Crippen LogP contribution in [0.2, 0.25) is 0 Å². The smallest absolute Gasteiger partial charge is 0.260 e. The highest BCUT2D eigenvalue weighted by atomic mass is 16.2. The SMILES string of the molecule is Cc1ccc(C(=O)N[C@@H](C)c2ccc3c(c2)CC(=O)N3)c(=O)[nH]1. The summed E-state index contributed by atoms with van der Waals surface area (Å²) in [4.78, 5) is 38.1. The van der Waals surface area contributed by atoms with Crippen molar-refractivity contribution in [3.8, 4) is 0 Å². The molecule has 0 saturated carbocycles. The molecular weight excluding hydrogens is 294 g/mol. The first kappa shape index (κ1) is 15.0. The van der Waals surface area contributed by atoms with Crippen molar-refractivity contribution >= 4 is 17.5 Å². The molecule has 2 amide bonds. The topological polar surface area (TPSA) is 91.1 Å². The minimum atomic E-state index is -0.423. The predicted molar refractivity (Wildman–Crippen MR) is 86.5 cm³/mol. The van der Waals surface area contributed by atoms with E-state index in [1.807, 2.05) is 25.1 Å². The van der Waals surface area contributed by atoms with Crippen LogP contribution >= 0.6 is 0 Å². The number of fused-ring (bicyclic) bond motifs is 1. The number of benzene rings is 1. The van der Waals surface area contributed by atoms with Crippen LogP contribution in [0.25, 0.3) is 0 Å². The maximum Gasteiger partial charge on any atom is 0.260 e. The Labute approximate surface area is 132 Å². The Morgan fingerprint density at radius 3 is 2.74 bits per heavy atom. The third-order valence-corrected chi connectivity index (χ3v) is 3.90. The molecule has 0 radical (unpaired) electrons. The summed E-state index contributed by atoms with van der Waals surface area (Å²) in [6.07, 6.45) is 0.349. The van der Waals surface area contributed by atoms with E-state index in [0.717, 1.165) is 16.8 Å². The fraction of sp³-hybridized carbons (Fsp3) is 0.235. The Hall–Kier alpha value is -2.89.